The molecule has 0 fully saturated rings. The molecule has 0 saturated carbocycles. The Morgan fingerprint density at radius 3 is 2.89 bits per heavy atom. The van der Waals surface area contributed by atoms with Gasteiger partial charge in [0.05, 0.1) is 18.4 Å². The van der Waals surface area contributed by atoms with Crippen molar-refractivity contribution < 1.29 is 19.1 Å². The Morgan fingerprint density at radius 2 is 2.32 bits per heavy atom. The molecule has 1 heterocycles. The third-order valence-corrected chi connectivity index (χ3v) is 3.37. The maximum atomic E-state index is 11.0. The summed E-state index contributed by atoms with van der Waals surface area (Å²) in [6.07, 6.45) is 1.58. The molecule has 1 aromatic heterocycles. The number of carboxylic acids is 1. The maximum Gasteiger partial charge on any atom is 0.335 e. The molecule has 0 aliphatic carbocycles. The number of carboxylic acid groups (broad SMARTS) is 1. The first-order valence-electron chi connectivity index (χ1n) is 5.55. The molecule has 100 valence electrons. The molecular formula is C13H13NO4S. The van der Waals surface area contributed by atoms with Crippen molar-refractivity contribution >= 4 is 17.7 Å². The Bertz CT molecular complexity index is 594. The second-order valence-electron chi connectivity index (χ2n) is 3.88. The van der Waals surface area contributed by atoms with Crippen LogP contribution in [0.4, 0.5) is 0 Å². The zero-order chi connectivity index (χ0) is 13.8. The first kappa shape index (κ1) is 13.5. The molecule has 2 aromatic rings. The minimum absolute atomic E-state index is 0.236. The SMILES string of the molecule is COc1ccc(C(=O)O)cc1CSc1nc(C)co1. The van der Waals surface area contributed by atoms with Crippen LogP contribution in [0.3, 0.4) is 0 Å². The highest BCUT2D eigenvalue weighted by molar-refractivity contribution is 7.98. The van der Waals surface area contributed by atoms with Crippen molar-refractivity contribution in [1.82, 2.24) is 4.98 Å². The number of benzene rings is 1. The van der Waals surface area contributed by atoms with E-state index in [9.17, 15) is 4.79 Å². The molecule has 19 heavy (non-hydrogen) atoms. The molecule has 0 bridgehead atoms. The number of methoxy groups -OCH3 is 1. The van der Waals surface area contributed by atoms with Crippen LogP contribution >= 0.6 is 11.8 Å². The van der Waals surface area contributed by atoms with Gasteiger partial charge in [-0.1, -0.05) is 11.8 Å². The van der Waals surface area contributed by atoms with Gasteiger partial charge in [0.25, 0.3) is 5.22 Å². The van der Waals surface area contributed by atoms with E-state index in [0.29, 0.717) is 16.7 Å². The summed E-state index contributed by atoms with van der Waals surface area (Å²) >= 11 is 1.39. The fraction of sp³-hybridized carbons (Fsp3) is 0.231. The van der Waals surface area contributed by atoms with Gasteiger partial charge in [-0.15, -0.1) is 0 Å². The van der Waals surface area contributed by atoms with Crippen molar-refractivity contribution in [1.29, 1.82) is 0 Å². The van der Waals surface area contributed by atoms with Gasteiger partial charge >= 0.3 is 5.97 Å². The highest BCUT2D eigenvalue weighted by Gasteiger charge is 2.11. The van der Waals surface area contributed by atoms with Gasteiger partial charge in [0.15, 0.2) is 0 Å². The Balaban J connectivity index is 2.17. The Hall–Kier alpha value is -1.95. The third-order valence-electron chi connectivity index (χ3n) is 2.48. The molecule has 1 N–H and O–H groups in total. The molecule has 2 rings (SSSR count). The van der Waals surface area contributed by atoms with E-state index in [1.165, 1.54) is 17.8 Å². The van der Waals surface area contributed by atoms with Crippen molar-refractivity contribution in [2.45, 2.75) is 17.9 Å². The van der Waals surface area contributed by atoms with Crippen molar-refractivity contribution in [2.75, 3.05) is 7.11 Å². The average Bonchev–Trinajstić information content (AvgIpc) is 2.81. The highest BCUT2D eigenvalue weighted by Crippen LogP contribution is 2.28. The lowest BCUT2D eigenvalue weighted by molar-refractivity contribution is 0.0696. The summed E-state index contributed by atoms with van der Waals surface area (Å²) in [4.78, 5) is 15.1. The third kappa shape index (κ3) is 3.29. The van der Waals surface area contributed by atoms with Gasteiger partial charge in [0.1, 0.15) is 12.0 Å². The van der Waals surface area contributed by atoms with E-state index in [1.807, 2.05) is 6.92 Å². The monoisotopic (exact) mass is 279 g/mol. The average molecular weight is 279 g/mol. The number of rotatable bonds is 5. The Labute approximate surface area is 114 Å². The first-order valence-corrected chi connectivity index (χ1v) is 6.54. The number of nitrogens with zero attached hydrogens (tertiary/aromatic N) is 1. The summed E-state index contributed by atoms with van der Waals surface area (Å²) in [5.41, 5.74) is 1.84. The van der Waals surface area contributed by atoms with Crippen LogP contribution in [-0.4, -0.2) is 23.2 Å². The second-order valence-corrected chi connectivity index (χ2v) is 4.80. The minimum Gasteiger partial charge on any atom is -0.496 e. The first-order chi connectivity index (χ1) is 9.10. The predicted octanol–water partition coefficient (Wildman–Crippen LogP) is 2.98. The van der Waals surface area contributed by atoms with E-state index in [0.717, 1.165) is 11.3 Å². The van der Waals surface area contributed by atoms with Crippen LogP contribution in [0.5, 0.6) is 5.75 Å². The summed E-state index contributed by atoms with van der Waals surface area (Å²) in [6, 6.07) is 4.77. The lowest BCUT2D eigenvalue weighted by Crippen LogP contribution is -1.99. The van der Waals surface area contributed by atoms with Crippen molar-refractivity contribution in [2.24, 2.45) is 0 Å². The number of hydrogen-bond donors (Lipinski definition) is 1. The smallest absolute Gasteiger partial charge is 0.335 e. The normalized spacial score (nSPS) is 10.4. The molecule has 0 atom stereocenters. The van der Waals surface area contributed by atoms with Crippen LogP contribution in [0.25, 0.3) is 0 Å². The summed E-state index contributed by atoms with van der Waals surface area (Å²) < 4.78 is 10.4. The molecule has 5 nitrogen and oxygen atoms in total. The Morgan fingerprint density at radius 1 is 1.53 bits per heavy atom. The number of oxazole rings is 1. The second kappa shape index (κ2) is 5.79. The van der Waals surface area contributed by atoms with Crippen LogP contribution in [0, 0.1) is 6.92 Å². The van der Waals surface area contributed by atoms with Crippen molar-refractivity contribution in [3.63, 3.8) is 0 Å². The van der Waals surface area contributed by atoms with Gasteiger partial charge in [-0.3, -0.25) is 0 Å². The molecule has 0 aliphatic rings. The summed E-state index contributed by atoms with van der Waals surface area (Å²) in [6.45, 7) is 1.85. The van der Waals surface area contributed by atoms with Gasteiger partial charge in [-0.05, 0) is 25.1 Å². The number of ether oxygens (including phenoxy) is 1. The quantitative estimate of drug-likeness (QED) is 0.848. The van der Waals surface area contributed by atoms with Crippen LogP contribution in [0.2, 0.25) is 0 Å². The molecule has 0 unspecified atom stereocenters. The van der Waals surface area contributed by atoms with Gasteiger partial charge < -0.3 is 14.3 Å². The molecular weight excluding hydrogens is 266 g/mol. The molecule has 0 radical (unpaired) electrons. The van der Waals surface area contributed by atoms with Crippen molar-refractivity contribution in [3.8, 4) is 5.75 Å². The lowest BCUT2D eigenvalue weighted by atomic mass is 10.1. The van der Waals surface area contributed by atoms with Crippen LogP contribution < -0.4 is 4.74 Å². The summed E-state index contributed by atoms with van der Waals surface area (Å²) in [5.74, 6) is 0.228. The predicted molar refractivity (Wildman–Crippen MR) is 70.8 cm³/mol. The number of hydrogen-bond acceptors (Lipinski definition) is 5. The zero-order valence-corrected chi connectivity index (χ0v) is 11.4. The van der Waals surface area contributed by atoms with Gasteiger partial charge in [0, 0.05) is 11.3 Å². The van der Waals surface area contributed by atoms with Gasteiger partial charge in [0.2, 0.25) is 0 Å². The number of carbonyl (C=O) groups is 1. The van der Waals surface area contributed by atoms with E-state index in [4.69, 9.17) is 14.3 Å². The largest absolute Gasteiger partial charge is 0.496 e. The van der Waals surface area contributed by atoms with Crippen LogP contribution in [0.1, 0.15) is 21.6 Å². The summed E-state index contributed by atoms with van der Waals surface area (Å²) in [5, 5.41) is 9.54. The van der Waals surface area contributed by atoms with E-state index in [2.05, 4.69) is 4.98 Å². The number of aromatic nitrogens is 1. The Kier molecular flexibility index (Phi) is 4.11. The van der Waals surface area contributed by atoms with Crippen molar-refractivity contribution in [3.05, 3.63) is 41.3 Å². The molecule has 6 heteroatoms. The van der Waals surface area contributed by atoms with Crippen LogP contribution in [0.15, 0.2) is 34.1 Å². The molecule has 0 spiro atoms. The fourth-order valence-corrected chi connectivity index (χ4v) is 2.39. The van der Waals surface area contributed by atoms with E-state index < -0.39 is 5.97 Å². The fourth-order valence-electron chi connectivity index (χ4n) is 1.56. The number of thioether (sulfide) groups is 1. The molecule has 0 saturated heterocycles. The van der Waals surface area contributed by atoms with E-state index >= 15 is 0 Å². The highest BCUT2D eigenvalue weighted by atomic mass is 32.2. The van der Waals surface area contributed by atoms with Crippen LogP contribution in [-0.2, 0) is 5.75 Å². The lowest BCUT2D eigenvalue weighted by Gasteiger charge is -2.08. The topological polar surface area (TPSA) is 72.6 Å². The van der Waals surface area contributed by atoms with E-state index in [1.54, 1.807) is 25.5 Å². The molecule has 1 aromatic carbocycles. The number of aromatic carboxylic acids is 1. The van der Waals surface area contributed by atoms with Gasteiger partial charge in [-0.2, -0.15) is 0 Å². The maximum absolute atomic E-state index is 11.0. The number of aryl methyl sites for hydroxylation is 1. The van der Waals surface area contributed by atoms with E-state index in [-0.39, 0.29) is 5.56 Å². The standard InChI is InChI=1S/C13H13NO4S/c1-8-6-18-13(14-8)19-7-10-5-9(12(15)16)3-4-11(10)17-2/h3-6H,7H2,1-2H3,(H,15,16). The zero-order valence-electron chi connectivity index (χ0n) is 10.5. The summed E-state index contributed by atoms with van der Waals surface area (Å²) in [7, 11) is 1.55. The van der Waals surface area contributed by atoms with Gasteiger partial charge in [-0.25, -0.2) is 9.78 Å². The molecule has 0 aliphatic heterocycles. The molecule has 0 amide bonds. The minimum atomic E-state index is -0.958.